The number of fused-ring (bicyclic) bond motifs is 2. The lowest BCUT2D eigenvalue weighted by atomic mass is 9.93. The number of thiophene rings is 1. The molecule has 1 atom stereocenters. The maximum absolute atomic E-state index is 13.3. The SMILES string of the molecule is CN1CCc2nc(C3CCCN(C(=O)c4csc5c4CCCC5)C3)ncc2C1. The first-order valence-corrected chi connectivity index (χ1v) is 11.5. The molecule has 1 aliphatic carbocycles. The monoisotopic (exact) mass is 396 g/mol. The van der Waals surface area contributed by atoms with E-state index >= 15 is 0 Å². The maximum atomic E-state index is 13.3. The number of nitrogens with zero attached hydrogens (tertiary/aromatic N) is 4. The van der Waals surface area contributed by atoms with E-state index in [1.165, 1.54) is 34.5 Å². The van der Waals surface area contributed by atoms with Crippen LogP contribution >= 0.6 is 11.3 Å². The van der Waals surface area contributed by atoms with Crippen LogP contribution in [0.25, 0.3) is 0 Å². The summed E-state index contributed by atoms with van der Waals surface area (Å²) < 4.78 is 0. The van der Waals surface area contributed by atoms with Gasteiger partial charge in [-0.25, -0.2) is 9.97 Å². The summed E-state index contributed by atoms with van der Waals surface area (Å²) in [6.07, 6.45) is 9.81. The Hall–Kier alpha value is -1.79. The number of hydrogen-bond acceptors (Lipinski definition) is 5. The van der Waals surface area contributed by atoms with Gasteiger partial charge in [0.05, 0.1) is 5.56 Å². The number of likely N-dealkylation sites (N-methyl/N-ethyl adjacent to an activating group) is 1. The molecule has 0 N–H and O–H groups in total. The van der Waals surface area contributed by atoms with Crippen LogP contribution in [0.5, 0.6) is 0 Å². The fourth-order valence-corrected chi connectivity index (χ4v) is 6.00. The van der Waals surface area contributed by atoms with Gasteiger partial charge in [-0.05, 0) is 51.1 Å². The van der Waals surface area contributed by atoms with Gasteiger partial charge in [0.25, 0.3) is 5.91 Å². The second-order valence-corrected chi connectivity index (χ2v) is 9.50. The first-order chi connectivity index (χ1) is 13.7. The normalized spacial score (nSPS) is 22.6. The summed E-state index contributed by atoms with van der Waals surface area (Å²) in [4.78, 5) is 28.7. The zero-order chi connectivity index (χ0) is 19.1. The van der Waals surface area contributed by atoms with Crippen molar-refractivity contribution in [2.24, 2.45) is 0 Å². The minimum absolute atomic E-state index is 0.226. The molecule has 2 aliphatic heterocycles. The van der Waals surface area contributed by atoms with Crippen LogP contribution in [0.2, 0.25) is 0 Å². The standard InChI is InChI=1S/C22H28N4OS/c1-25-10-8-19-16(12-25)11-23-21(24-19)15-5-4-9-26(13-15)22(27)18-14-28-20-7-3-2-6-17(18)20/h11,14-15H,2-10,12-13H2,1H3. The molecule has 1 fully saturated rings. The van der Waals surface area contributed by atoms with Crippen LogP contribution in [-0.2, 0) is 25.8 Å². The zero-order valence-corrected chi connectivity index (χ0v) is 17.4. The van der Waals surface area contributed by atoms with Gasteiger partial charge in [0.15, 0.2) is 0 Å². The highest BCUT2D eigenvalue weighted by Gasteiger charge is 2.30. The third-order valence-electron chi connectivity index (χ3n) is 6.51. The summed E-state index contributed by atoms with van der Waals surface area (Å²) in [5, 5.41) is 2.10. The second kappa shape index (κ2) is 7.56. The molecule has 1 unspecified atom stereocenters. The number of hydrogen-bond donors (Lipinski definition) is 0. The third-order valence-corrected chi connectivity index (χ3v) is 7.60. The van der Waals surface area contributed by atoms with Gasteiger partial charge in [-0.1, -0.05) is 0 Å². The largest absolute Gasteiger partial charge is 0.338 e. The Bertz CT molecular complexity index is 893. The van der Waals surface area contributed by atoms with Gasteiger partial charge in [-0.2, -0.15) is 0 Å². The van der Waals surface area contributed by atoms with E-state index in [4.69, 9.17) is 9.97 Å². The van der Waals surface area contributed by atoms with Gasteiger partial charge >= 0.3 is 0 Å². The van der Waals surface area contributed by atoms with Crippen LogP contribution in [0, 0.1) is 0 Å². The smallest absolute Gasteiger partial charge is 0.255 e. The molecule has 5 rings (SSSR count). The third kappa shape index (κ3) is 3.37. The van der Waals surface area contributed by atoms with Gasteiger partial charge in [0.2, 0.25) is 0 Å². The van der Waals surface area contributed by atoms with Crippen molar-refractivity contribution in [2.75, 3.05) is 26.7 Å². The Labute approximate surface area is 170 Å². The summed E-state index contributed by atoms with van der Waals surface area (Å²) in [6, 6.07) is 0. The lowest BCUT2D eigenvalue weighted by Crippen LogP contribution is -2.40. The Morgan fingerprint density at radius 2 is 2.07 bits per heavy atom. The lowest BCUT2D eigenvalue weighted by Gasteiger charge is -2.33. The van der Waals surface area contributed by atoms with E-state index in [1.807, 2.05) is 6.20 Å². The highest BCUT2D eigenvalue weighted by atomic mass is 32.1. The highest BCUT2D eigenvalue weighted by Crippen LogP contribution is 2.33. The molecule has 0 saturated carbocycles. The van der Waals surface area contributed by atoms with Gasteiger partial charge in [-0.15, -0.1) is 11.3 Å². The van der Waals surface area contributed by atoms with E-state index in [0.717, 1.165) is 69.7 Å². The van der Waals surface area contributed by atoms with Crippen molar-refractivity contribution in [1.29, 1.82) is 0 Å². The quantitative estimate of drug-likeness (QED) is 0.780. The maximum Gasteiger partial charge on any atom is 0.255 e. The fraction of sp³-hybridized carbons (Fsp3) is 0.591. The number of piperidine rings is 1. The fourth-order valence-electron chi connectivity index (χ4n) is 4.89. The minimum Gasteiger partial charge on any atom is -0.338 e. The number of aryl methyl sites for hydroxylation is 1. The van der Waals surface area contributed by atoms with E-state index in [0.29, 0.717) is 0 Å². The molecule has 1 amide bonds. The molecule has 2 aromatic rings. The van der Waals surface area contributed by atoms with Crippen LogP contribution < -0.4 is 0 Å². The van der Waals surface area contributed by atoms with Crippen LogP contribution in [-0.4, -0.2) is 52.4 Å². The lowest BCUT2D eigenvalue weighted by molar-refractivity contribution is 0.0703. The predicted molar refractivity (Wildman–Crippen MR) is 111 cm³/mol. The molecular weight excluding hydrogens is 368 g/mol. The molecule has 4 heterocycles. The van der Waals surface area contributed by atoms with E-state index in [-0.39, 0.29) is 11.8 Å². The molecule has 1 saturated heterocycles. The van der Waals surface area contributed by atoms with Crippen molar-refractivity contribution >= 4 is 17.2 Å². The van der Waals surface area contributed by atoms with E-state index in [9.17, 15) is 4.79 Å². The second-order valence-electron chi connectivity index (χ2n) is 8.54. The van der Waals surface area contributed by atoms with Crippen molar-refractivity contribution in [3.05, 3.63) is 44.7 Å². The van der Waals surface area contributed by atoms with Crippen LogP contribution in [0.4, 0.5) is 0 Å². The molecule has 3 aliphatic rings. The molecule has 6 heteroatoms. The Morgan fingerprint density at radius 3 is 3.00 bits per heavy atom. The first kappa shape index (κ1) is 18.3. The summed E-state index contributed by atoms with van der Waals surface area (Å²) in [5.74, 6) is 1.42. The Balaban J connectivity index is 1.34. The first-order valence-electron chi connectivity index (χ1n) is 10.6. The van der Waals surface area contributed by atoms with E-state index in [1.54, 1.807) is 11.3 Å². The Morgan fingerprint density at radius 1 is 1.18 bits per heavy atom. The zero-order valence-electron chi connectivity index (χ0n) is 16.6. The van der Waals surface area contributed by atoms with Crippen molar-refractivity contribution in [3.63, 3.8) is 0 Å². The molecule has 148 valence electrons. The molecule has 0 radical (unpaired) electrons. The number of carbonyl (C=O) groups excluding carboxylic acids is 1. The van der Waals surface area contributed by atoms with Crippen LogP contribution in [0.15, 0.2) is 11.6 Å². The number of amides is 1. The van der Waals surface area contributed by atoms with Crippen molar-refractivity contribution in [3.8, 4) is 0 Å². The number of likely N-dealkylation sites (tertiary alicyclic amines) is 1. The predicted octanol–water partition coefficient (Wildman–Crippen LogP) is 3.42. The molecule has 0 bridgehead atoms. The topological polar surface area (TPSA) is 49.3 Å². The van der Waals surface area contributed by atoms with Crippen molar-refractivity contribution < 1.29 is 4.79 Å². The van der Waals surface area contributed by atoms with Crippen LogP contribution in [0.3, 0.4) is 0 Å². The summed E-state index contributed by atoms with van der Waals surface area (Å²) in [5.41, 5.74) is 4.76. The molecule has 28 heavy (non-hydrogen) atoms. The van der Waals surface area contributed by atoms with Crippen LogP contribution in [0.1, 0.15) is 69.5 Å². The number of aromatic nitrogens is 2. The van der Waals surface area contributed by atoms with E-state index in [2.05, 4.69) is 22.2 Å². The molecule has 2 aromatic heterocycles. The minimum atomic E-state index is 0.226. The molecule has 0 aromatic carbocycles. The van der Waals surface area contributed by atoms with Crippen molar-refractivity contribution in [2.45, 2.75) is 57.4 Å². The summed E-state index contributed by atoms with van der Waals surface area (Å²) in [7, 11) is 2.14. The average Bonchev–Trinajstić information content (AvgIpc) is 3.17. The van der Waals surface area contributed by atoms with Gasteiger partial charge < -0.3 is 9.80 Å². The average molecular weight is 397 g/mol. The van der Waals surface area contributed by atoms with Gasteiger partial charge in [0.1, 0.15) is 5.82 Å². The Kier molecular flexibility index (Phi) is 4.93. The highest BCUT2D eigenvalue weighted by molar-refractivity contribution is 7.10. The summed E-state index contributed by atoms with van der Waals surface area (Å²) >= 11 is 1.78. The van der Waals surface area contributed by atoms with Gasteiger partial charge in [0, 0.05) is 66.2 Å². The number of rotatable bonds is 2. The van der Waals surface area contributed by atoms with Crippen molar-refractivity contribution in [1.82, 2.24) is 19.8 Å². The van der Waals surface area contributed by atoms with Gasteiger partial charge in [-0.3, -0.25) is 4.79 Å². The summed E-state index contributed by atoms with van der Waals surface area (Å²) in [6.45, 7) is 3.61. The molecule has 5 nitrogen and oxygen atoms in total. The van der Waals surface area contributed by atoms with E-state index < -0.39 is 0 Å². The molecule has 0 spiro atoms. The number of carbonyl (C=O) groups is 1. The molecular formula is C22H28N4OS.